The van der Waals surface area contributed by atoms with Gasteiger partial charge in [-0.1, -0.05) is 89.3 Å². The number of hydrogen-bond acceptors (Lipinski definition) is 1. The standard InChI is InChI=1S/C20H35BrNS/c1-2-3-4-5-6-7-8-9-10-11-12-13-17-23-19-22-16-14-15-20(21)18-22/h14-16,18H,2-13,17,19H2,1H3/q+1. The van der Waals surface area contributed by atoms with Gasteiger partial charge in [-0.05, 0) is 34.2 Å². The number of rotatable bonds is 15. The first kappa shape index (κ1) is 21.0. The second-order valence-electron chi connectivity index (χ2n) is 6.46. The minimum absolute atomic E-state index is 1.07. The summed E-state index contributed by atoms with van der Waals surface area (Å²) in [6.45, 7) is 2.29. The van der Waals surface area contributed by atoms with Gasteiger partial charge in [-0.25, -0.2) is 0 Å². The molecule has 0 aliphatic rings. The highest BCUT2D eigenvalue weighted by molar-refractivity contribution is 9.10. The van der Waals surface area contributed by atoms with Crippen LogP contribution in [0.25, 0.3) is 0 Å². The highest BCUT2D eigenvalue weighted by Gasteiger charge is 2.00. The molecule has 0 saturated carbocycles. The topological polar surface area (TPSA) is 3.88 Å². The van der Waals surface area contributed by atoms with E-state index in [1.165, 1.54) is 82.8 Å². The van der Waals surface area contributed by atoms with Crippen LogP contribution in [-0.4, -0.2) is 5.75 Å². The van der Waals surface area contributed by atoms with E-state index in [1.807, 2.05) is 11.8 Å². The Morgan fingerprint density at radius 1 is 0.870 bits per heavy atom. The Balaban J connectivity index is 1.78. The Kier molecular flexibility index (Phi) is 14.2. The second kappa shape index (κ2) is 15.5. The lowest BCUT2D eigenvalue weighted by molar-refractivity contribution is -0.676. The van der Waals surface area contributed by atoms with Gasteiger partial charge >= 0.3 is 0 Å². The number of thioether (sulfide) groups is 1. The van der Waals surface area contributed by atoms with Gasteiger partial charge in [0.25, 0.3) is 0 Å². The normalized spacial score (nSPS) is 11.0. The molecule has 23 heavy (non-hydrogen) atoms. The van der Waals surface area contributed by atoms with E-state index in [9.17, 15) is 0 Å². The van der Waals surface area contributed by atoms with Crippen molar-refractivity contribution in [3.8, 4) is 0 Å². The van der Waals surface area contributed by atoms with Crippen molar-refractivity contribution in [2.24, 2.45) is 0 Å². The van der Waals surface area contributed by atoms with Crippen molar-refractivity contribution in [1.29, 1.82) is 0 Å². The quantitative estimate of drug-likeness (QED) is 0.223. The van der Waals surface area contributed by atoms with Crippen molar-refractivity contribution in [2.45, 2.75) is 89.9 Å². The number of aromatic nitrogens is 1. The lowest BCUT2D eigenvalue weighted by Gasteiger charge is -2.02. The monoisotopic (exact) mass is 400 g/mol. The van der Waals surface area contributed by atoms with E-state index in [1.54, 1.807) is 0 Å². The molecule has 1 nitrogen and oxygen atoms in total. The third-order valence-electron chi connectivity index (χ3n) is 4.20. The molecule has 0 saturated heterocycles. The van der Waals surface area contributed by atoms with Crippen LogP contribution >= 0.6 is 27.7 Å². The van der Waals surface area contributed by atoms with Crippen LogP contribution in [0.3, 0.4) is 0 Å². The first-order chi connectivity index (χ1) is 11.3. The lowest BCUT2D eigenvalue weighted by atomic mass is 10.1. The molecule has 0 unspecified atom stereocenters. The van der Waals surface area contributed by atoms with Crippen LogP contribution in [0.5, 0.6) is 0 Å². The maximum Gasteiger partial charge on any atom is 0.194 e. The van der Waals surface area contributed by atoms with Gasteiger partial charge in [0.1, 0.15) is 0 Å². The predicted molar refractivity (Wildman–Crippen MR) is 108 cm³/mol. The minimum atomic E-state index is 1.07. The molecule has 1 aromatic rings. The summed E-state index contributed by atoms with van der Waals surface area (Å²) >= 11 is 5.55. The summed E-state index contributed by atoms with van der Waals surface area (Å²) in [5, 5.41) is 0. The van der Waals surface area contributed by atoms with E-state index in [0.29, 0.717) is 0 Å². The molecule has 1 heterocycles. The van der Waals surface area contributed by atoms with Gasteiger partial charge in [0, 0.05) is 6.07 Å². The Morgan fingerprint density at radius 2 is 1.43 bits per heavy atom. The summed E-state index contributed by atoms with van der Waals surface area (Å²) < 4.78 is 3.40. The molecule has 0 spiro atoms. The van der Waals surface area contributed by atoms with Gasteiger partial charge in [0.15, 0.2) is 18.3 Å². The zero-order valence-corrected chi connectivity index (χ0v) is 17.3. The van der Waals surface area contributed by atoms with Crippen LogP contribution in [0, 0.1) is 0 Å². The summed E-state index contributed by atoms with van der Waals surface area (Å²) in [7, 11) is 0. The number of pyridine rings is 1. The van der Waals surface area contributed by atoms with Crippen LogP contribution < -0.4 is 4.57 Å². The highest BCUT2D eigenvalue weighted by atomic mass is 79.9. The molecule has 0 bridgehead atoms. The molecule has 0 atom stereocenters. The van der Waals surface area contributed by atoms with Gasteiger partial charge in [-0.2, -0.15) is 4.57 Å². The molecule has 0 fully saturated rings. The summed E-state index contributed by atoms with van der Waals surface area (Å²) in [4.78, 5) is 0. The van der Waals surface area contributed by atoms with E-state index in [4.69, 9.17) is 0 Å². The van der Waals surface area contributed by atoms with E-state index in [2.05, 4.69) is 51.9 Å². The van der Waals surface area contributed by atoms with Crippen molar-refractivity contribution in [3.63, 3.8) is 0 Å². The van der Waals surface area contributed by atoms with Gasteiger partial charge < -0.3 is 0 Å². The Hall–Kier alpha value is -0.0200. The van der Waals surface area contributed by atoms with Crippen molar-refractivity contribution >= 4 is 27.7 Å². The molecule has 0 aliphatic carbocycles. The van der Waals surface area contributed by atoms with Crippen LogP contribution in [0.1, 0.15) is 84.0 Å². The molecule has 0 N–H and O–H groups in total. The minimum Gasteiger partial charge on any atom is -0.194 e. The first-order valence-electron chi connectivity index (χ1n) is 9.55. The van der Waals surface area contributed by atoms with Gasteiger partial charge in [-0.15, -0.1) is 0 Å². The average molecular weight is 401 g/mol. The number of halogens is 1. The summed E-state index contributed by atoms with van der Waals surface area (Å²) in [5.74, 6) is 2.36. The zero-order valence-electron chi connectivity index (χ0n) is 14.9. The van der Waals surface area contributed by atoms with E-state index in [-0.39, 0.29) is 0 Å². The molecule has 1 rings (SSSR count). The lowest BCUT2D eigenvalue weighted by Crippen LogP contribution is -2.30. The third-order valence-corrected chi connectivity index (χ3v) is 5.73. The van der Waals surface area contributed by atoms with E-state index in [0.717, 1.165) is 10.3 Å². The van der Waals surface area contributed by atoms with E-state index >= 15 is 0 Å². The molecule has 3 heteroatoms. The Bertz CT molecular complexity index is 384. The van der Waals surface area contributed by atoms with E-state index < -0.39 is 0 Å². The van der Waals surface area contributed by atoms with Crippen LogP contribution in [0.4, 0.5) is 0 Å². The fraction of sp³-hybridized carbons (Fsp3) is 0.750. The summed E-state index contributed by atoms with van der Waals surface area (Å²) in [6, 6.07) is 4.17. The van der Waals surface area contributed by atoms with Crippen molar-refractivity contribution in [2.75, 3.05) is 5.75 Å². The van der Waals surface area contributed by atoms with Crippen LogP contribution in [-0.2, 0) is 5.88 Å². The molecule has 0 radical (unpaired) electrons. The fourth-order valence-corrected chi connectivity index (χ4v) is 4.11. The number of nitrogens with zero attached hydrogens (tertiary/aromatic N) is 1. The predicted octanol–water partition coefficient (Wildman–Crippen LogP) is 7.13. The maximum atomic E-state index is 3.52. The molecular weight excluding hydrogens is 366 g/mol. The third kappa shape index (κ3) is 13.0. The molecule has 0 amide bonds. The molecule has 1 aromatic heterocycles. The fourth-order valence-electron chi connectivity index (χ4n) is 2.79. The van der Waals surface area contributed by atoms with Crippen molar-refractivity contribution in [1.82, 2.24) is 0 Å². The summed E-state index contributed by atoms with van der Waals surface area (Å²) in [6.07, 6.45) is 21.5. The van der Waals surface area contributed by atoms with Crippen LogP contribution in [0.15, 0.2) is 29.0 Å². The Morgan fingerprint density at radius 3 is 2.00 bits per heavy atom. The van der Waals surface area contributed by atoms with Gasteiger partial charge in [-0.3, -0.25) is 0 Å². The highest BCUT2D eigenvalue weighted by Crippen LogP contribution is 2.13. The van der Waals surface area contributed by atoms with Crippen molar-refractivity contribution in [3.05, 3.63) is 29.0 Å². The van der Waals surface area contributed by atoms with Gasteiger partial charge in [0.05, 0.1) is 4.47 Å². The molecular formula is C20H35BrNS+. The first-order valence-corrected chi connectivity index (χ1v) is 11.5. The molecule has 132 valence electrons. The number of hydrogen-bond donors (Lipinski definition) is 0. The largest absolute Gasteiger partial charge is 0.194 e. The molecule has 0 aliphatic heterocycles. The van der Waals surface area contributed by atoms with Gasteiger partial charge in [0.2, 0.25) is 0 Å². The zero-order chi connectivity index (χ0) is 16.6. The van der Waals surface area contributed by atoms with Crippen LogP contribution in [0.2, 0.25) is 0 Å². The summed E-state index contributed by atoms with van der Waals surface area (Å²) in [5.41, 5.74) is 0. The number of unbranched alkanes of at least 4 members (excludes halogenated alkanes) is 11. The molecule has 0 aromatic carbocycles. The smallest absolute Gasteiger partial charge is 0.194 e. The second-order valence-corrected chi connectivity index (χ2v) is 8.45. The average Bonchev–Trinajstić information content (AvgIpc) is 2.55. The maximum absolute atomic E-state index is 3.52. The van der Waals surface area contributed by atoms with Crippen molar-refractivity contribution < 1.29 is 4.57 Å². The Labute approximate surface area is 156 Å². The SMILES string of the molecule is CCCCCCCCCCCCCCSC[n+]1cccc(Br)c1.